The van der Waals surface area contributed by atoms with Crippen LogP contribution in [-0.4, -0.2) is 57.9 Å². The molecule has 0 spiro atoms. The van der Waals surface area contributed by atoms with Crippen LogP contribution in [0, 0.1) is 12.8 Å². The van der Waals surface area contributed by atoms with E-state index >= 15 is 0 Å². The molecular weight excluding hydrogens is 466 g/mol. The van der Waals surface area contributed by atoms with Crippen LogP contribution in [0.15, 0.2) is 76.6 Å². The minimum atomic E-state index is 0.140. The zero-order chi connectivity index (χ0) is 26.2. The lowest BCUT2D eigenvalue weighted by molar-refractivity contribution is -0.134. The predicted octanol–water partition coefficient (Wildman–Crippen LogP) is 4.23. The zero-order valence-corrected chi connectivity index (χ0v) is 21.3. The molecule has 1 aliphatic heterocycles. The number of hydrogen-bond donors (Lipinski definition) is 3. The van der Waals surface area contributed by atoms with Gasteiger partial charge in [-0.3, -0.25) is 4.79 Å². The van der Waals surface area contributed by atoms with E-state index < -0.39 is 0 Å². The Kier molecular flexibility index (Phi) is 8.19. The summed E-state index contributed by atoms with van der Waals surface area (Å²) >= 11 is 0. The first-order chi connectivity index (χ1) is 17.9. The summed E-state index contributed by atoms with van der Waals surface area (Å²) in [6.07, 6.45) is 3.49. The van der Waals surface area contributed by atoms with Crippen LogP contribution < -0.4 is 16.0 Å². The molecule has 2 aromatic heterocycles. The number of amidine groups is 1. The minimum absolute atomic E-state index is 0.140. The van der Waals surface area contributed by atoms with Crippen molar-refractivity contribution in [3.63, 3.8) is 0 Å². The minimum Gasteiger partial charge on any atom is -0.385 e. The first-order valence-corrected chi connectivity index (χ1v) is 12.1. The number of hydrogen-bond acceptors (Lipinski definition) is 8. The number of aliphatic imine (C=N–C) groups is 2. The maximum absolute atomic E-state index is 11.3. The molecule has 10 nitrogen and oxygen atoms in total. The fourth-order valence-corrected chi connectivity index (χ4v) is 3.76. The molecule has 0 radical (unpaired) electrons. The van der Waals surface area contributed by atoms with E-state index in [1.54, 1.807) is 19.2 Å². The third-order valence-corrected chi connectivity index (χ3v) is 5.82. The molecular formula is C27H31N9O. The number of aromatic nitrogens is 3. The summed E-state index contributed by atoms with van der Waals surface area (Å²) in [7, 11) is 0. The molecule has 4 rings (SSSR count). The van der Waals surface area contributed by atoms with Crippen LogP contribution in [0.3, 0.4) is 0 Å². The van der Waals surface area contributed by atoms with Gasteiger partial charge in [-0.2, -0.15) is 4.98 Å². The van der Waals surface area contributed by atoms with Crippen LogP contribution >= 0.6 is 0 Å². The number of nitrogens with one attached hydrogen (secondary N) is 3. The van der Waals surface area contributed by atoms with Crippen LogP contribution in [0.5, 0.6) is 0 Å². The molecule has 0 saturated carbocycles. The van der Waals surface area contributed by atoms with Gasteiger partial charge in [0.1, 0.15) is 17.3 Å². The maximum Gasteiger partial charge on any atom is 0.229 e. The van der Waals surface area contributed by atoms with Gasteiger partial charge in [0.25, 0.3) is 0 Å². The average Bonchev–Trinajstić information content (AvgIpc) is 2.86. The van der Waals surface area contributed by atoms with Crippen molar-refractivity contribution < 1.29 is 4.79 Å². The highest BCUT2D eigenvalue weighted by Gasteiger charge is 2.27. The summed E-state index contributed by atoms with van der Waals surface area (Å²) in [4.78, 5) is 35.1. The van der Waals surface area contributed by atoms with Crippen molar-refractivity contribution in [2.24, 2.45) is 15.9 Å². The standard InChI is InChI=1S/C27H31N9O/c1-5-24(34-26(28-4)23-8-6-7-18(2)31-23)33-25-13-14-29-27(35-25)32-22-11-9-21(10-12-22)30-15-20-16-36(17-20)19(3)37/h5-14,20,30H,4,15-17H2,1-3H3,(H2,29,32,33,35)/b24-5-,34-26?. The van der Waals surface area contributed by atoms with E-state index in [2.05, 4.69) is 47.6 Å². The van der Waals surface area contributed by atoms with Crippen molar-refractivity contribution in [2.75, 3.05) is 35.6 Å². The van der Waals surface area contributed by atoms with Gasteiger partial charge in [-0.25, -0.2) is 20.0 Å². The average molecular weight is 498 g/mol. The Labute approximate surface area is 216 Å². The molecule has 0 unspecified atom stereocenters. The lowest BCUT2D eigenvalue weighted by Gasteiger charge is -2.38. The van der Waals surface area contributed by atoms with Crippen LogP contribution in [0.2, 0.25) is 0 Å². The van der Waals surface area contributed by atoms with Gasteiger partial charge in [0.2, 0.25) is 11.9 Å². The van der Waals surface area contributed by atoms with Gasteiger partial charge in [-0.15, -0.1) is 0 Å². The molecule has 3 N–H and O–H groups in total. The third-order valence-electron chi connectivity index (χ3n) is 5.82. The van der Waals surface area contributed by atoms with Crippen LogP contribution in [0.25, 0.3) is 0 Å². The number of amides is 1. The highest BCUT2D eigenvalue weighted by Crippen LogP contribution is 2.20. The van der Waals surface area contributed by atoms with Crippen molar-refractivity contribution in [2.45, 2.75) is 20.8 Å². The monoisotopic (exact) mass is 497 g/mol. The summed E-state index contributed by atoms with van der Waals surface area (Å²) in [6, 6.07) is 15.4. The number of carbonyl (C=O) groups excluding carboxylic acids is 1. The molecule has 190 valence electrons. The number of nitrogens with zero attached hydrogens (tertiary/aromatic N) is 6. The largest absolute Gasteiger partial charge is 0.385 e. The van der Waals surface area contributed by atoms with Crippen molar-refractivity contribution in [3.8, 4) is 0 Å². The van der Waals surface area contributed by atoms with Crippen molar-refractivity contribution >= 4 is 41.6 Å². The SMILES string of the molecule is C=NC(=N/C(=C\C)Nc1ccnc(Nc2ccc(NCC3CN(C(C)=O)C3)cc2)n1)c1cccc(C)n1. The Morgan fingerprint density at radius 3 is 2.57 bits per heavy atom. The molecule has 3 heterocycles. The topological polar surface area (TPSA) is 120 Å². The molecule has 0 bridgehead atoms. The van der Waals surface area contributed by atoms with Crippen molar-refractivity contribution in [3.05, 3.63) is 78.0 Å². The van der Waals surface area contributed by atoms with Crippen molar-refractivity contribution in [1.82, 2.24) is 19.9 Å². The second kappa shape index (κ2) is 11.9. The van der Waals surface area contributed by atoms with Gasteiger partial charge < -0.3 is 20.9 Å². The molecule has 3 aromatic rings. The van der Waals surface area contributed by atoms with Gasteiger partial charge in [0, 0.05) is 55.7 Å². The van der Waals surface area contributed by atoms with Gasteiger partial charge in [-0.05, 0) is 69.1 Å². The smallest absolute Gasteiger partial charge is 0.229 e. The van der Waals surface area contributed by atoms with Crippen LogP contribution in [0.1, 0.15) is 25.2 Å². The number of aryl methyl sites for hydroxylation is 1. The Hall–Kier alpha value is -4.60. The van der Waals surface area contributed by atoms with E-state index in [9.17, 15) is 4.79 Å². The summed E-state index contributed by atoms with van der Waals surface area (Å²) in [5, 5.41) is 9.85. The Morgan fingerprint density at radius 2 is 1.89 bits per heavy atom. The number of anilines is 4. The first kappa shape index (κ1) is 25.5. The predicted molar refractivity (Wildman–Crippen MR) is 148 cm³/mol. The highest BCUT2D eigenvalue weighted by molar-refractivity contribution is 6.00. The first-order valence-electron chi connectivity index (χ1n) is 12.1. The molecule has 0 atom stereocenters. The highest BCUT2D eigenvalue weighted by atomic mass is 16.2. The zero-order valence-electron chi connectivity index (χ0n) is 21.3. The molecule has 1 aromatic carbocycles. The van der Waals surface area contributed by atoms with E-state index in [-0.39, 0.29) is 5.91 Å². The van der Waals surface area contributed by atoms with Crippen molar-refractivity contribution in [1.29, 1.82) is 0 Å². The van der Waals surface area contributed by atoms with Gasteiger partial charge in [-0.1, -0.05) is 6.07 Å². The van der Waals surface area contributed by atoms with Gasteiger partial charge >= 0.3 is 0 Å². The fourth-order valence-electron chi connectivity index (χ4n) is 3.76. The lowest BCUT2D eigenvalue weighted by Crippen LogP contribution is -2.51. The molecule has 0 aliphatic carbocycles. The second-order valence-electron chi connectivity index (χ2n) is 8.70. The van der Waals surface area contributed by atoms with Gasteiger partial charge in [0.15, 0.2) is 5.84 Å². The fraction of sp³-hybridized carbons (Fsp3) is 0.259. The van der Waals surface area contributed by atoms with E-state index in [1.807, 2.05) is 67.3 Å². The molecule has 10 heteroatoms. The third kappa shape index (κ3) is 6.97. The second-order valence-corrected chi connectivity index (χ2v) is 8.70. The molecule has 1 amide bonds. The number of likely N-dealkylation sites (tertiary alicyclic amines) is 1. The van der Waals surface area contributed by atoms with E-state index in [1.165, 1.54) is 0 Å². The normalized spacial score (nSPS) is 14.1. The number of rotatable bonds is 9. The molecule has 1 fully saturated rings. The quantitative estimate of drug-likeness (QED) is 0.299. The van der Waals surface area contributed by atoms with Crippen LogP contribution in [0.4, 0.5) is 23.1 Å². The number of allylic oxidation sites excluding steroid dienone is 1. The van der Waals surface area contributed by atoms with E-state index in [0.29, 0.717) is 35.0 Å². The molecule has 1 saturated heterocycles. The lowest BCUT2D eigenvalue weighted by atomic mass is 10.0. The summed E-state index contributed by atoms with van der Waals surface area (Å²) < 4.78 is 0. The summed E-state index contributed by atoms with van der Waals surface area (Å²) in [6.45, 7) is 11.5. The number of benzene rings is 1. The Bertz CT molecular complexity index is 1310. The van der Waals surface area contributed by atoms with E-state index in [0.717, 1.165) is 36.7 Å². The number of pyridine rings is 1. The Morgan fingerprint density at radius 1 is 1.14 bits per heavy atom. The summed E-state index contributed by atoms with van der Waals surface area (Å²) in [5.41, 5.74) is 3.40. The molecule has 37 heavy (non-hydrogen) atoms. The van der Waals surface area contributed by atoms with E-state index in [4.69, 9.17) is 0 Å². The number of carbonyl (C=O) groups is 1. The maximum atomic E-state index is 11.3. The van der Waals surface area contributed by atoms with Crippen LogP contribution in [-0.2, 0) is 4.79 Å². The summed E-state index contributed by atoms with van der Waals surface area (Å²) in [5.74, 6) is 2.63. The van der Waals surface area contributed by atoms with Gasteiger partial charge in [0.05, 0.1) is 0 Å². The Balaban J connectivity index is 1.35. The molecule has 1 aliphatic rings.